The average molecular weight is 250 g/mol. The van der Waals surface area contributed by atoms with Gasteiger partial charge in [-0.3, -0.25) is 10.3 Å². The van der Waals surface area contributed by atoms with Gasteiger partial charge < -0.3 is 0 Å². The minimum Gasteiger partial charge on any atom is -0.267 e. The Balaban J connectivity index is 0.000000280. The first-order valence-electron chi connectivity index (χ1n) is 4.71. The molecular weight excluding hydrogens is 236 g/mol. The summed E-state index contributed by atoms with van der Waals surface area (Å²) in [6.07, 6.45) is 0. The summed E-state index contributed by atoms with van der Waals surface area (Å²) in [5.41, 5.74) is 2.55. The molecule has 0 aliphatic carbocycles. The first-order valence-corrected chi connectivity index (χ1v) is 6.99. The van der Waals surface area contributed by atoms with E-state index in [1.54, 1.807) is 0 Å². The molecule has 2 rings (SSSR count). The highest BCUT2D eigenvalue weighted by Crippen LogP contribution is 2.17. The van der Waals surface area contributed by atoms with Crippen LogP contribution < -0.4 is 10.3 Å². The van der Waals surface area contributed by atoms with E-state index in [-0.39, 0.29) is 0 Å². The van der Waals surface area contributed by atoms with Crippen molar-refractivity contribution in [3.63, 3.8) is 0 Å². The van der Waals surface area contributed by atoms with Gasteiger partial charge in [-0.2, -0.15) is 0 Å². The molecule has 0 heterocycles. The highest BCUT2D eigenvalue weighted by molar-refractivity contribution is 8.75. The zero-order valence-electron chi connectivity index (χ0n) is 8.74. The molecule has 2 aromatic carbocycles. The number of nitrogens with two attached hydrogens (primary N) is 2. The standard InChI is InChI=1S/C12H10.H4N2S2/c1-3-7-11(8-4-1)12-9-5-2-6-10-12;1-3-4-2/h1-10H;1-2H2. The van der Waals surface area contributed by atoms with Gasteiger partial charge in [-0.25, -0.2) is 0 Å². The van der Waals surface area contributed by atoms with Gasteiger partial charge in [0.05, 0.1) is 0 Å². The van der Waals surface area contributed by atoms with Gasteiger partial charge in [0, 0.05) is 22.0 Å². The maximum absolute atomic E-state index is 4.78. The quantitative estimate of drug-likeness (QED) is 0.633. The van der Waals surface area contributed by atoms with Crippen LogP contribution in [0.15, 0.2) is 60.7 Å². The van der Waals surface area contributed by atoms with Crippen LogP contribution >= 0.6 is 22.0 Å². The summed E-state index contributed by atoms with van der Waals surface area (Å²) >= 11 is 0. The van der Waals surface area contributed by atoms with Crippen molar-refractivity contribution in [2.24, 2.45) is 10.3 Å². The van der Waals surface area contributed by atoms with E-state index < -0.39 is 0 Å². The predicted molar refractivity (Wildman–Crippen MR) is 75.4 cm³/mol. The largest absolute Gasteiger partial charge is 0.267 e. The Labute approximate surface area is 104 Å². The van der Waals surface area contributed by atoms with Crippen molar-refractivity contribution in [1.82, 2.24) is 0 Å². The lowest BCUT2D eigenvalue weighted by Gasteiger charge is -1.98. The smallest absolute Gasteiger partial charge is 0.00201 e. The molecule has 0 aliphatic rings. The first kappa shape index (κ1) is 13.1. The molecule has 0 bridgehead atoms. The monoisotopic (exact) mass is 250 g/mol. The van der Waals surface area contributed by atoms with Gasteiger partial charge in [-0.15, -0.1) is 0 Å². The van der Waals surface area contributed by atoms with Crippen LogP contribution in [0.1, 0.15) is 0 Å². The molecule has 4 N–H and O–H groups in total. The molecule has 2 aromatic rings. The third kappa shape index (κ3) is 4.72. The Hall–Kier alpha value is -0.940. The van der Waals surface area contributed by atoms with Crippen molar-refractivity contribution >= 4 is 22.0 Å². The van der Waals surface area contributed by atoms with Crippen LogP contribution in [0.5, 0.6) is 0 Å². The summed E-state index contributed by atoms with van der Waals surface area (Å²) in [6, 6.07) is 20.8. The summed E-state index contributed by atoms with van der Waals surface area (Å²) in [5.74, 6) is 0. The summed E-state index contributed by atoms with van der Waals surface area (Å²) in [7, 11) is 2.10. The number of benzene rings is 2. The van der Waals surface area contributed by atoms with Crippen LogP contribution in [0, 0.1) is 0 Å². The Morgan fingerprint density at radius 3 is 1.12 bits per heavy atom. The van der Waals surface area contributed by atoms with Gasteiger partial charge in [0.25, 0.3) is 0 Å². The van der Waals surface area contributed by atoms with Gasteiger partial charge in [-0.05, 0) is 11.1 Å². The van der Waals surface area contributed by atoms with Crippen LogP contribution in [0.25, 0.3) is 11.1 Å². The second kappa shape index (κ2) is 8.24. The predicted octanol–water partition coefficient (Wildman–Crippen LogP) is 3.47. The summed E-state index contributed by atoms with van der Waals surface area (Å²) in [6.45, 7) is 0. The van der Waals surface area contributed by atoms with Crippen molar-refractivity contribution in [2.75, 3.05) is 0 Å². The van der Waals surface area contributed by atoms with E-state index in [4.69, 9.17) is 10.3 Å². The van der Waals surface area contributed by atoms with Crippen LogP contribution in [0.3, 0.4) is 0 Å². The third-order valence-corrected chi connectivity index (χ3v) is 2.38. The van der Waals surface area contributed by atoms with Crippen LogP contribution in [-0.4, -0.2) is 0 Å². The molecule has 84 valence electrons. The van der Waals surface area contributed by atoms with Crippen molar-refractivity contribution in [3.05, 3.63) is 60.7 Å². The lowest BCUT2D eigenvalue weighted by Crippen LogP contribution is -1.74. The summed E-state index contributed by atoms with van der Waals surface area (Å²) in [5, 5.41) is 9.56. The second-order valence-electron chi connectivity index (χ2n) is 2.92. The molecule has 4 heteroatoms. The van der Waals surface area contributed by atoms with E-state index >= 15 is 0 Å². The Morgan fingerprint density at radius 2 is 0.875 bits per heavy atom. The molecule has 16 heavy (non-hydrogen) atoms. The zero-order chi connectivity index (χ0) is 11.6. The molecule has 2 nitrogen and oxygen atoms in total. The summed E-state index contributed by atoms with van der Waals surface area (Å²) < 4.78 is 0. The topological polar surface area (TPSA) is 52.0 Å². The first-order chi connectivity index (χ1) is 7.88. The van der Waals surface area contributed by atoms with Gasteiger partial charge >= 0.3 is 0 Å². The number of rotatable bonds is 2. The molecule has 0 aromatic heterocycles. The molecule has 0 atom stereocenters. The fraction of sp³-hybridized carbons (Fsp3) is 0. The van der Waals surface area contributed by atoms with Crippen LogP contribution in [0.4, 0.5) is 0 Å². The fourth-order valence-electron chi connectivity index (χ4n) is 1.26. The number of hydrogen-bond donors (Lipinski definition) is 2. The Morgan fingerprint density at radius 1 is 0.562 bits per heavy atom. The van der Waals surface area contributed by atoms with E-state index in [2.05, 4.69) is 48.5 Å². The van der Waals surface area contributed by atoms with Gasteiger partial charge in [0.2, 0.25) is 0 Å². The molecule has 0 unspecified atom stereocenters. The highest BCUT2D eigenvalue weighted by Gasteiger charge is 1.91. The van der Waals surface area contributed by atoms with Gasteiger partial charge in [-0.1, -0.05) is 60.7 Å². The molecule has 0 spiro atoms. The zero-order valence-corrected chi connectivity index (χ0v) is 10.4. The van der Waals surface area contributed by atoms with Crippen molar-refractivity contribution in [3.8, 4) is 11.1 Å². The molecule has 0 fully saturated rings. The highest BCUT2D eigenvalue weighted by atomic mass is 33.1. The van der Waals surface area contributed by atoms with Gasteiger partial charge in [0.1, 0.15) is 0 Å². The fourth-order valence-corrected chi connectivity index (χ4v) is 1.26. The van der Waals surface area contributed by atoms with E-state index in [9.17, 15) is 0 Å². The van der Waals surface area contributed by atoms with Crippen molar-refractivity contribution < 1.29 is 0 Å². The lowest BCUT2D eigenvalue weighted by molar-refractivity contribution is 1.62. The average Bonchev–Trinajstić information content (AvgIpc) is 2.41. The van der Waals surface area contributed by atoms with Gasteiger partial charge in [0.15, 0.2) is 0 Å². The normalized spacial score (nSPS) is 9.12. The van der Waals surface area contributed by atoms with E-state index in [0.29, 0.717) is 0 Å². The van der Waals surface area contributed by atoms with Crippen molar-refractivity contribution in [2.45, 2.75) is 0 Å². The van der Waals surface area contributed by atoms with E-state index in [1.807, 2.05) is 12.1 Å². The summed E-state index contributed by atoms with van der Waals surface area (Å²) in [4.78, 5) is 0. The Kier molecular flexibility index (Phi) is 6.76. The molecule has 0 saturated carbocycles. The minimum atomic E-state index is 1.05. The molecule has 0 amide bonds. The van der Waals surface area contributed by atoms with Crippen molar-refractivity contribution in [1.29, 1.82) is 0 Å². The third-order valence-electron chi connectivity index (χ3n) is 1.94. The second-order valence-corrected chi connectivity index (χ2v) is 4.46. The SMILES string of the molecule is NSSN.c1ccc(-c2ccccc2)cc1. The molecule has 0 radical (unpaired) electrons. The van der Waals surface area contributed by atoms with E-state index in [0.717, 1.165) is 22.0 Å². The maximum atomic E-state index is 4.78. The number of hydrogen-bond acceptors (Lipinski definition) is 4. The molecule has 0 aliphatic heterocycles. The van der Waals surface area contributed by atoms with E-state index in [1.165, 1.54) is 11.1 Å². The van der Waals surface area contributed by atoms with Crippen LogP contribution in [0.2, 0.25) is 0 Å². The Bertz CT molecular complexity index is 339. The minimum absolute atomic E-state index is 1.05. The lowest BCUT2D eigenvalue weighted by atomic mass is 10.1. The molecular formula is C12H14N2S2. The van der Waals surface area contributed by atoms with Crippen LogP contribution in [-0.2, 0) is 0 Å². The molecule has 0 saturated heterocycles. The maximum Gasteiger partial charge on any atom is 0.00201 e.